The highest BCUT2D eigenvalue weighted by Crippen LogP contribution is 2.17. The molecule has 0 aromatic heterocycles. The molecule has 1 atom stereocenters. The number of carboxylic acid groups (broad SMARTS) is 1. The highest BCUT2D eigenvalue weighted by atomic mass is 16.5. The van der Waals surface area contributed by atoms with E-state index in [1.54, 1.807) is 24.3 Å². The Kier molecular flexibility index (Phi) is 14.5. The first-order valence-electron chi connectivity index (χ1n) is 11.2. The van der Waals surface area contributed by atoms with Crippen molar-refractivity contribution in [3.8, 4) is 0 Å². The van der Waals surface area contributed by atoms with Crippen LogP contribution >= 0.6 is 0 Å². The van der Waals surface area contributed by atoms with E-state index in [0.29, 0.717) is 12.0 Å². The van der Waals surface area contributed by atoms with Gasteiger partial charge in [0.05, 0.1) is 0 Å². The lowest BCUT2D eigenvalue weighted by Crippen LogP contribution is -2.20. The highest BCUT2D eigenvalue weighted by Gasteiger charge is 2.21. The van der Waals surface area contributed by atoms with E-state index in [4.69, 9.17) is 4.74 Å². The van der Waals surface area contributed by atoms with Crippen LogP contribution in [0.15, 0.2) is 42.5 Å². The average molecular weight is 403 g/mol. The molecule has 4 heteroatoms. The van der Waals surface area contributed by atoms with Gasteiger partial charge >= 0.3 is 11.9 Å². The second-order valence-electron chi connectivity index (χ2n) is 7.61. The second-order valence-corrected chi connectivity index (χ2v) is 7.61. The normalized spacial score (nSPS) is 12.2. The van der Waals surface area contributed by atoms with E-state index < -0.39 is 11.9 Å². The maximum atomic E-state index is 11.9. The molecule has 0 spiro atoms. The van der Waals surface area contributed by atoms with Crippen LogP contribution in [0.5, 0.6) is 0 Å². The zero-order valence-electron chi connectivity index (χ0n) is 18.0. The van der Waals surface area contributed by atoms with Gasteiger partial charge in [0.2, 0.25) is 0 Å². The molecule has 0 saturated heterocycles. The highest BCUT2D eigenvalue weighted by molar-refractivity contribution is 5.77. The van der Waals surface area contributed by atoms with Crippen LogP contribution in [0, 0.1) is 0 Å². The van der Waals surface area contributed by atoms with E-state index >= 15 is 0 Å². The first-order chi connectivity index (χ1) is 14.1. The van der Waals surface area contributed by atoms with E-state index in [9.17, 15) is 14.7 Å². The first-order valence-corrected chi connectivity index (χ1v) is 11.2. The Bertz CT molecular complexity index is 580. The van der Waals surface area contributed by atoms with Crippen LogP contribution in [0.3, 0.4) is 0 Å². The maximum Gasteiger partial charge on any atom is 0.314 e. The topological polar surface area (TPSA) is 63.6 Å². The number of aliphatic carboxylic acids is 1. The Balaban J connectivity index is 2.02. The lowest BCUT2D eigenvalue weighted by molar-refractivity contribution is -0.148. The Morgan fingerprint density at radius 1 is 0.897 bits per heavy atom. The van der Waals surface area contributed by atoms with Gasteiger partial charge in [-0.25, -0.2) is 0 Å². The molecule has 0 saturated carbocycles. The predicted octanol–water partition coefficient (Wildman–Crippen LogP) is 6.66. The van der Waals surface area contributed by atoms with Gasteiger partial charge in [-0.3, -0.25) is 9.59 Å². The van der Waals surface area contributed by atoms with Gasteiger partial charge < -0.3 is 9.84 Å². The van der Waals surface area contributed by atoms with Gasteiger partial charge in [0.25, 0.3) is 0 Å². The third kappa shape index (κ3) is 12.9. The van der Waals surface area contributed by atoms with E-state index in [1.165, 1.54) is 44.9 Å². The van der Waals surface area contributed by atoms with Crippen molar-refractivity contribution in [1.82, 2.24) is 0 Å². The molecular formula is C25H38O4. The van der Waals surface area contributed by atoms with E-state index in [0.717, 1.165) is 25.7 Å². The van der Waals surface area contributed by atoms with Crippen molar-refractivity contribution >= 4 is 11.9 Å². The number of rotatable bonds is 17. The van der Waals surface area contributed by atoms with Crippen LogP contribution < -0.4 is 0 Å². The third-order valence-corrected chi connectivity index (χ3v) is 5.05. The predicted molar refractivity (Wildman–Crippen MR) is 118 cm³/mol. The zero-order chi connectivity index (χ0) is 21.2. The Morgan fingerprint density at radius 2 is 1.48 bits per heavy atom. The van der Waals surface area contributed by atoms with Gasteiger partial charge in [0, 0.05) is 6.42 Å². The molecule has 1 rings (SSSR count). The van der Waals surface area contributed by atoms with Gasteiger partial charge in [-0.05, 0) is 37.7 Å². The van der Waals surface area contributed by atoms with E-state index in [-0.39, 0.29) is 12.6 Å². The van der Waals surface area contributed by atoms with Gasteiger partial charge in [0.1, 0.15) is 12.5 Å². The van der Waals surface area contributed by atoms with Crippen LogP contribution in [0.4, 0.5) is 0 Å². The monoisotopic (exact) mass is 402 g/mol. The molecule has 1 N–H and O–H groups in total. The SMILES string of the molecule is CCCCCC/C=C\CCCCCCCC(=O)OCC(C(=O)O)c1ccccc1. The first kappa shape index (κ1) is 24.9. The number of unbranched alkanes of at least 4 members (excludes halogenated alkanes) is 9. The summed E-state index contributed by atoms with van der Waals surface area (Å²) in [5, 5.41) is 9.34. The summed E-state index contributed by atoms with van der Waals surface area (Å²) >= 11 is 0. The maximum absolute atomic E-state index is 11.9. The number of benzene rings is 1. The lowest BCUT2D eigenvalue weighted by atomic mass is 10.0. The quantitative estimate of drug-likeness (QED) is 0.180. The van der Waals surface area contributed by atoms with Crippen LogP contribution in [0.1, 0.15) is 95.5 Å². The summed E-state index contributed by atoms with van der Waals surface area (Å²) < 4.78 is 5.20. The van der Waals surface area contributed by atoms with Crippen molar-refractivity contribution in [1.29, 1.82) is 0 Å². The van der Waals surface area contributed by atoms with Crippen LogP contribution in [0.2, 0.25) is 0 Å². The van der Waals surface area contributed by atoms with Crippen molar-refractivity contribution < 1.29 is 19.4 Å². The molecule has 0 fully saturated rings. The largest absolute Gasteiger partial charge is 0.481 e. The standard InChI is InChI=1S/C25H38O4/c1-2-3-4-5-6-7-8-9-10-11-12-13-17-20-24(26)29-21-23(25(27)28)22-18-15-14-16-19-22/h7-8,14-16,18-19,23H,2-6,9-13,17,20-21H2,1H3,(H,27,28)/b8-7-. The molecular weight excluding hydrogens is 364 g/mol. The molecule has 162 valence electrons. The number of carbonyl (C=O) groups is 2. The van der Waals surface area contributed by atoms with Crippen LogP contribution in [-0.4, -0.2) is 23.7 Å². The van der Waals surface area contributed by atoms with Crippen molar-refractivity contribution in [2.75, 3.05) is 6.61 Å². The molecule has 0 heterocycles. The van der Waals surface area contributed by atoms with Gasteiger partial charge in [0.15, 0.2) is 0 Å². The molecule has 0 aliphatic carbocycles. The summed E-state index contributed by atoms with van der Waals surface area (Å²) in [5.74, 6) is -2.09. The fourth-order valence-electron chi connectivity index (χ4n) is 3.23. The summed E-state index contributed by atoms with van der Waals surface area (Å²) in [7, 11) is 0. The minimum absolute atomic E-state index is 0.108. The van der Waals surface area contributed by atoms with Gasteiger partial charge in [-0.15, -0.1) is 0 Å². The molecule has 4 nitrogen and oxygen atoms in total. The number of allylic oxidation sites excluding steroid dienone is 2. The number of carbonyl (C=O) groups excluding carboxylic acids is 1. The fraction of sp³-hybridized carbons (Fsp3) is 0.600. The average Bonchev–Trinajstić information content (AvgIpc) is 2.72. The number of carboxylic acids is 1. The van der Waals surface area contributed by atoms with Crippen molar-refractivity contribution in [2.24, 2.45) is 0 Å². The van der Waals surface area contributed by atoms with Crippen molar-refractivity contribution in [3.05, 3.63) is 48.0 Å². The van der Waals surface area contributed by atoms with Crippen LogP contribution in [-0.2, 0) is 14.3 Å². The third-order valence-electron chi connectivity index (χ3n) is 5.05. The smallest absolute Gasteiger partial charge is 0.314 e. The molecule has 0 radical (unpaired) electrons. The molecule has 0 bridgehead atoms. The number of esters is 1. The minimum atomic E-state index is -0.973. The van der Waals surface area contributed by atoms with Crippen LogP contribution in [0.25, 0.3) is 0 Å². The lowest BCUT2D eigenvalue weighted by Gasteiger charge is -2.13. The summed E-state index contributed by atoms with van der Waals surface area (Å²) in [6, 6.07) is 8.90. The molecule has 0 aliphatic rings. The fourth-order valence-corrected chi connectivity index (χ4v) is 3.23. The second kappa shape index (κ2) is 16.8. The summed E-state index contributed by atoms with van der Waals surface area (Å²) in [5.41, 5.74) is 0.655. The summed E-state index contributed by atoms with van der Waals surface area (Å²) in [6.45, 7) is 2.13. The van der Waals surface area contributed by atoms with E-state index in [1.807, 2.05) is 6.07 Å². The molecule has 1 aromatic carbocycles. The Morgan fingerprint density at radius 3 is 2.10 bits per heavy atom. The number of hydrogen-bond donors (Lipinski definition) is 1. The Labute approximate surface area is 176 Å². The molecule has 0 aliphatic heterocycles. The molecule has 0 amide bonds. The number of ether oxygens (including phenoxy) is 1. The molecule has 1 unspecified atom stereocenters. The Hall–Kier alpha value is -2.10. The molecule has 1 aromatic rings. The van der Waals surface area contributed by atoms with Crippen molar-refractivity contribution in [3.63, 3.8) is 0 Å². The zero-order valence-corrected chi connectivity index (χ0v) is 18.0. The van der Waals surface area contributed by atoms with Gasteiger partial charge in [-0.1, -0.05) is 87.9 Å². The van der Waals surface area contributed by atoms with Gasteiger partial charge in [-0.2, -0.15) is 0 Å². The minimum Gasteiger partial charge on any atom is -0.481 e. The summed E-state index contributed by atoms with van der Waals surface area (Å²) in [4.78, 5) is 23.3. The molecule has 29 heavy (non-hydrogen) atoms. The number of hydrogen-bond acceptors (Lipinski definition) is 3. The summed E-state index contributed by atoms with van der Waals surface area (Å²) in [6.07, 6.45) is 17.9. The van der Waals surface area contributed by atoms with Crippen molar-refractivity contribution in [2.45, 2.75) is 89.9 Å². The van der Waals surface area contributed by atoms with E-state index in [2.05, 4.69) is 19.1 Å².